The Bertz CT molecular complexity index is 423. The molecule has 0 aliphatic heterocycles. The molecule has 0 bridgehead atoms. The Labute approximate surface area is 131 Å². The van der Waals surface area contributed by atoms with Gasteiger partial charge in [-0.3, -0.25) is 0 Å². The zero-order valence-corrected chi connectivity index (χ0v) is 13.6. The second-order valence-electron chi connectivity index (χ2n) is 4.77. The van der Waals surface area contributed by atoms with Gasteiger partial charge in [-0.1, -0.05) is 0 Å². The van der Waals surface area contributed by atoms with Crippen LogP contribution in [0.2, 0.25) is 0 Å². The average molecular weight is 368 g/mol. The number of aliphatic hydroxyl groups is 1. The molecule has 0 fully saturated rings. The standard InChI is InChI=1S/C14H20BrF2NO3/c1-9(2)21-4-3-20-8-11(19)7-18-14-12(15)5-10(16)6-13(14)17/h5-6,9,11,18-19H,3-4,7-8H2,1-2H3. The molecule has 0 spiro atoms. The lowest BCUT2D eigenvalue weighted by Crippen LogP contribution is -2.26. The van der Waals surface area contributed by atoms with Gasteiger partial charge in [0.15, 0.2) is 0 Å². The highest BCUT2D eigenvalue weighted by atomic mass is 79.9. The molecule has 1 aromatic carbocycles. The normalized spacial score (nSPS) is 12.7. The van der Waals surface area contributed by atoms with Gasteiger partial charge in [0.25, 0.3) is 0 Å². The summed E-state index contributed by atoms with van der Waals surface area (Å²) in [7, 11) is 0. The maximum Gasteiger partial charge on any atom is 0.150 e. The van der Waals surface area contributed by atoms with Gasteiger partial charge in [-0.25, -0.2) is 8.78 Å². The number of ether oxygens (including phenoxy) is 2. The molecule has 0 aliphatic rings. The third kappa shape index (κ3) is 7.17. The van der Waals surface area contributed by atoms with E-state index in [-0.39, 0.29) is 29.4 Å². The molecule has 1 unspecified atom stereocenters. The van der Waals surface area contributed by atoms with Crippen LogP contribution >= 0.6 is 15.9 Å². The summed E-state index contributed by atoms with van der Waals surface area (Å²) in [5.41, 5.74) is 0.110. The average Bonchev–Trinajstić information content (AvgIpc) is 2.36. The van der Waals surface area contributed by atoms with Crippen molar-refractivity contribution in [2.45, 2.75) is 26.1 Å². The van der Waals surface area contributed by atoms with Gasteiger partial charge in [0.05, 0.1) is 37.7 Å². The van der Waals surface area contributed by atoms with Crippen LogP contribution in [0, 0.1) is 11.6 Å². The minimum atomic E-state index is -0.805. The largest absolute Gasteiger partial charge is 0.389 e. The molecule has 21 heavy (non-hydrogen) atoms. The molecule has 120 valence electrons. The van der Waals surface area contributed by atoms with Gasteiger partial charge in [0.1, 0.15) is 11.6 Å². The summed E-state index contributed by atoms with van der Waals surface area (Å²) in [6, 6.07) is 1.93. The maximum absolute atomic E-state index is 13.5. The topological polar surface area (TPSA) is 50.7 Å². The lowest BCUT2D eigenvalue weighted by Gasteiger charge is -2.15. The van der Waals surface area contributed by atoms with E-state index in [4.69, 9.17) is 9.47 Å². The number of hydrogen-bond donors (Lipinski definition) is 2. The van der Waals surface area contributed by atoms with Crippen molar-refractivity contribution >= 4 is 21.6 Å². The van der Waals surface area contributed by atoms with Crippen LogP contribution in [0.25, 0.3) is 0 Å². The molecule has 0 amide bonds. The van der Waals surface area contributed by atoms with Crippen LogP contribution < -0.4 is 5.32 Å². The number of hydrogen-bond acceptors (Lipinski definition) is 4. The van der Waals surface area contributed by atoms with E-state index in [2.05, 4.69) is 21.2 Å². The van der Waals surface area contributed by atoms with Crippen molar-refractivity contribution in [3.63, 3.8) is 0 Å². The molecular formula is C14H20BrF2NO3. The zero-order chi connectivity index (χ0) is 15.8. The zero-order valence-electron chi connectivity index (χ0n) is 12.0. The van der Waals surface area contributed by atoms with E-state index in [9.17, 15) is 13.9 Å². The fourth-order valence-corrected chi connectivity index (χ4v) is 2.10. The summed E-state index contributed by atoms with van der Waals surface area (Å²) in [4.78, 5) is 0. The highest BCUT2D eigenvalue weighted by molar-refractivity contribution is 9.10. The number of halogens is 3. The van der Waals surface area contributed by atoms with Gasteiger partial charge in [-0.2, -0.15) is 0 Å². The summed E-state index contributed by atoms with van der Waals surface area (Å²) in [5.74, 6) is -1.39. The van der Waals surface area contributed by atoms with Gasteiger partial charge < -0.3 is 19.9 Å². The number of aliphatic hydroxyl groups excluding tert-OH is 1. The van der Waals surface area contributed by atoms with Gasteiger partial charge in [-0.05, 0) is 35.8 Å². The minimum absolute atomic E-state index is 0.0895. The molecule has 0 heterocycles. The van der Waals surface area contributed by atoms with Crippen LogP contribution in [0.3, 0.4) is 0 Å². The predicted molar refractivity (Wildman–Crippen MR) is 80.5 cm³/mol. The van der Waals surface area contributed by atoms with E-state index in [1.807, 2.05) is 13.8 Å². The van der Waals surface area contributed by atoms with Crippen LogP contribution in [0.15, 0.2) is 16.6 Å². The summed E-state index contributed by atoms with van der Waals surface area (Å²) < 4.78 is 37.2. The minimum Gasteiger partial charge on any atom is -0.389 e. The fourth-order valence-electron chi connectivity index (χ4n) is 1.55. The molecule has 1 atom stereocenters. The van der Waals surface area contributed by atoms with Crippen molar-refractivity contribution in [2.75, 3.05) is 31.7 Å². The summed E-state index contributed by atoms with van der Waals surface area (Å²) in [6.07, 6.45) is -0.667. The van der Waals surface area contributed by atoms with Crippen molar-refractivity contribution in [3.05, 3.63) is 28.2 Å². The lowest BCUT2D eigenvalue weighted by molar-refractivity contribution is -0.00735. The van der Waals surface area contributed by atoms with E-state index >= 15 is 0 Å². The second kappa shape index (κ2) is 9.30. The Balaban J connectivity index is 2.29. The molecule has 0 radical (unpaired) electrons. The van der Waals surface area contributed by atoms with Crippen LogP contribution in [0.5, 0.6) is 0 Å². The molecule has 0 aliphatic carbocycles. The Hall–Kier alpha value is -0.760. The van der Waals surface area contributed by atoms with Crippen molar-refractivity contribution in [3.8, 4) is 0 Å². The molecule has 0 aromatic heterocycles. The molecular weight excluding hydrogens is 348 g/mol. The highest BCUT2D eigenvalue weighted by Crippen LogP contribution is 2.26. The first-order valence-electron chi connectivity index (χ1n) is 6.66. The Morgan fingerprint density at radius 2 is 2.00 bits per heavy atom. The summed E-state index contributed by atoms with van der Waals surface area (Å²) in [5, 5.41) is 12.4. The number of rotatable bonds is 9. The third-order valence-corrected chi connectivity index (χ3v) is 3.14. The summed E-state index contributed by atoms with van der Waals surface area (Å²) >= 11 is 3.06. The molecule has 0 saturated carbocycles. The van der Waals surface area contributed by atoms with E-state index in [0.717, 1.165) is 12.1 Å². The molecule has 1 rings (SSSR count). The van der Waals surface area contributed by atoms with E-state index in [1.165, 1.54) is 0 Å². The smallest absolute Gasteiger partial charge is 0.150 e. The highest BCUT2D eigenvalue weighted by Gasteiger charge is 2.11. The van der Waals surface area contributed by atoms with E-state index in [0.29, 0.717) is 13.2 Å². The van der Waals surface area contributed by atoms with Crippen LogP contribution in [0.1, 0.15) is 13.8 Å². The Morgan fingerprint density at radius 3 is 2.62 bits per heavy atom. The van der Waals surface area contributed by atoms with Gasteiger partial charge in [0, 0.05) is 17.1 Å². The van der Waals surface area contributed by atoms with E-state index in [1.54, 1.807) is 0 Å². The Morgan fingerprint density at radius 1 is 1.29 bits per heavy atom. The second-order valence-corrected chi connectivity index (χ2v) is 5.63. The molecule has 7 heteroatoms. The number of anilines is 1. The van der Waals surface area contributed by atoms with Gasteiger partial charge in [0.2, 0.25) is 0 Å². The maximum atomic E-state index is 13.5. The molecule has 0 saturated heterocycles. The predicted octanol–water partition coefficient (Wildman–Crippen LogP) is 2.94. The molecule has 1 aromatic rings. The quantitative estimate of drug-likeness (QED) is 0.659. The first-order chi connectivity index (χ1) is 9.90. The van der Waals surface area contributed by atoms with Crippen molar-refractivity contribution in [1.29, 1.82) is 0 Å². The fraction of sp³-hybridized carbons (Fsp3) is 0.571. The van der Waals surface area contributed by atoms with Crippen LogP contribution in [-0.2, 0) is 9.47 Å². The monoisotopic (exact) mass is 367 g/mol. The lowest BCUT2D eigenvalue weighted by atomic mass is 10.2. The number of nitrogens with one attached hydrogen (secondary N) is 1. The SMILES string of the molecule is CC(C)OCCOCC(O)CNc1c(F)cc(F)cc1Br. The van der Waals surface area contributed by atoms with Crippen molar-refractivity contribution < 1.29 is 23.4 Å². The first-order valence-corrected chi connectivity index (χ1v) is 7.45. The van der Waals surface area contributed by atoms with Crippen molar-refractivity contribution in [2.24, 2.45) is 0 Å². The Kier molecular flexibility index (Phi) is 8.10. The van der Waals surface area contributed by atoms with Gasteiger partial charge >= 0.3 is 0 Å². The first kappa shape index (κ1) is 18.3. The molecule has 4 nitrogen and oxygen atoms in total. The van der Waals surface area contributed by atoms with Crippen molar-refractivity contribution in [1.82, 2.24) is 0 Å². The summed E-state index contributed by atoms with van der Waals surface area (Å²) in [6.45, 7) is 4.88. The third-order valence-electron chi connectivity index (χ3n) is 2.51. The molecule has 2 N–H and O–H groups in total. The van der Waals surface area contributed by atoms with Gasteiger partial charge in [-0.15, -0.1) is 0 Å². The van der Waals surface area contributed by atoms with E-state index < -0.39 is 17.7 Å². The number of benzene rings is 1. The van der Waals surface area contributed by atoms with Crippen LogP contribution in [-0.4, -0.2) is 43.7 Å². The van der Waals surface area contributed by atoms with Crippen LogP contribution in [0.4, 0.5) is 14.5 Å².